The number of aryl methyl sites for hydroxylation is 1. The maximum absolute atomic E-state index is 14.2. The van der Waals surface area contributed by atoms with Crippen molar-refractivity contribution in [1.29, 1.82) is 0 Å². The Balaban J connectivity index is 1.94. The van der Waals surface area contributed by atoms with Crippen molar-refractivity contribution in [2.24, 2.45) is 0 Å². The molecule has 30 heavy (non-hydrogen) atoms. The summed E-state index contributed by atoms with van der Waals surface area (Å²) in [6.07, 6.45) is 1.68. The van der Waals surface area contributed by atoms with Gasteiger partial charge in [0.1, 0.15) is 28.7 Å². The molecule has 2 aromatic heterocycles. The summed E-state index contributed by atoms with van der Waals surface area (Å²) in [6.45, 7) is 1.93. The molecule has 156 valence electrons. The highest BCUT2D eigenvalue weighted by molar-refractivity contribution is 5.94. The molecule has 0 bridgehead atoms. The smallest absolute Gasteiger partial charge is 0.305 e. The minimum atomic E-state index is -1.17. The number of amides is 1. The van der Waals surface area contributed by atoms with Gasteiger partial charge in [-0.25, -0.2) is 9.37 Å². The maximum Gasteiger partial charge on any atom is 0.305 e. The highest BCUT2D eigenvalue weighted by Crippen LogP contribution is 2.32. The molecule has 8 heteroatoms. The van der Waals surface area contributed by atoms with Crippen LogP contribution in [0.3, 0.4) is 0 Å². The van der Waals surface area contributed by atoms with Crippen molar-refractivity contribution in [3.05, 3.63) is 71.6 Å². The molecule has 0 aliphatic heterocycles. The van der Waals surface area contributed by atoms with E-state index in [0.717, 1.165) is 0 Å². The fourth-order valence-corrected chi connectivity index (χ4v) is 3.16. The monoisotopic (exact) mass is 412 g/mol. The van der Waals surface area contributed by atoms with Gasteiger partial charge >= 0.3 is 5.97 Å². The van der Waals surface area contributed by atoms with Gasteiger partial charge in [0, 0.05) is 17.5 Å². The van der Waals surface area contributed by atoms with Crippen LogP contribution in [-0.4, -0.2) is 29.1 Å². The molecule has 3 aromatic rings. The molecule has 2 N–H and O–H groups in total. The van der Waals surface area contributed by atoms with Crippen molar-refractivity contribution < 1.29 is 28.2 Å². The number of carboxylic acids is 1. The zero-order chi connectivity index (χ0) is 21.7. The van der Waals surface area contributed by atoms with Gasteiger partial charge in [-0.2, -0.15) is 0 Å². The Hall–Kier alpha value is -3.68. The van der Waals surface area contributed by atoms with Crippen molar-refractivity contribution in [3.8, 4) is 17.0 Å². The van der Waals surface area contributed by atoms with Crippen molar-refractivity contribution >= 4 is 11.9 Å². The number of ether oxygens (including phenoxy) is 1. The molecule has 0 spiro atoms. The van der Waals surface area contributed by atoms with E-state index in [0.29, 0.717) is 29.2 Å². The van der Waals surface area contributed by atoms with Crippen LogP contribution in [0.2, 0.25) is 0 Å². The zero-order valence-electron chi connectivity index (χ0n) is 16.5. The molecule has 0 aliphatic carbocycles. The Morgan fingerprint density at radius 1 is 1.23 bits per heavy atom. The first kappa shape index (κ1) is 21.0. The predicted octanol–water partition coefficient (Wildman–Crippen LogP) is 4.00. The Morgan fingerprint density at radius 2 is 2.00 bits per heavy atom. The van der Waals surface area contributed by atoms with Gasteiger partial charge in [0.05, 0.1) is 25.8 Å². The van der Waals surface area contributed by atoms with Crippen LogP contribution in [0.25, 0.3) is 11.3 Å². The number of carboxylic acid groups (broad SMARTS) is 1. The van der Waals surface area contributed by atoms with Gasteiger partial charge in [-0.05, 0) is 24.3 Å². The van der Waals surface area contributed by atoms with Gasteiger partial charge in [0.2, 0.25) is 0 Å². The van der Waals surface area contributed by atoms with Gasteiger partial charge < -0.3 is 19.6 Å². The van der Waals surface area contributed by atoms with E-state index in [9.17, 15) is 19.1 Å². The first-order chi connectivity index (χ1) is 14.4. The molecule has 0 radical (unpaired) electrons. The van der Waals surface area contributed by atoms with Crippen molar-refractivity contribution in [1.82, 2.24) is 10.3 Å². The third-order valence-electron chi connectivity index (χ3n) is 4.60. The number of aromatic nitrogens is 1. The number of pyridine rings is 1. The molecular formula is C22H21FN2O5. The number of aliphatic carboxylic acids is 1. The van der Waals surface area contributed by atoms with Crippen LogP contribution in [0.5, 0.6) is 5.75 Å². The van der Waals surface area contributed by atoms with E-state index in [4.69, 9.17) is 9.15 Å². The topological polar surface area (TPSA) is 102 Å². The largest absolute Gasteiger partial charge is 0.494 e. The number of rotatable bonds is 8. The summed E-state index contributed by atoms with van der Waals surface area (Å²) < 4.78 is 25.0. The number of halogens is 1. The lowest BCUT2D eigenvalue weighted by molar-refractivity contribution is -0.137. The van der Waals surface area contributed by atoms with E-state index in [1.165, 1.54) is 37.6 Å². The van der Waals surface area contributed by atoms with Crippen LogP contribution < -0.4 is 10.1 Å². The van der Waals surface area contributed by atoms with E-state index < -0.39 is 30.2 Å². The van der Waals surface area contributed by atoms with Crippen LogP contribution in [0.1, 0.15) is 41.2 Å². The normalized spacial score (nSPS) is 11.7. The summed E-state index contributed by atoms with van der Waals surface area (Å²) >= 11 is 0. The molecule has 1 amide bonds. The quantitative estimate of drug-likeness (QED) is 0.580. The number of benzene rings is 1. The Kier molecular flexibility index (Phi) is 6.46. The molecule has 1 aromatic carbocycles. The van der Waals surface area contributed by atoms with Crippen LogP contribution in [0.15, 0.2) is 53.1 Å². The minimum Gasteiger partial charge on any atom is -0.494 e. The lowest BCUT2D eigenvalue weighted by atomic mass is 10.0. The molecule has 7 nitrogen and oxygen atoms in total. The van der Waals surface area contributed by atoms with Crippen molar-refractivity contribution in [2.75, 3.05) is 7.11 Å². The molecule has 0 saturated carbocycles. The van der Waals surface area contributed by atoms with Gasteiger partial charge in [-0.1, -0.05) is 25.1 Å². The minimum absolute atomic E-state index is 0.0424. The summed E-state index contributed by atoms with van der Waals surface area (Å²) in [6, 6.07) is 9.46. The lowest BCUT2D eigenvalue weighted by Gasteiger charge is -2.18. The summed E-state index contributed by atoms with van der Waals surface area (Å²) in [5, 5.41) is 11.8. The second-order valence-corrected chi connectivity index (χ2v) is 6.50. The molecule has 3 rings (SSSR count). The number of nitrogens with one attached hydrogen (secondary N) is 1. The van der Waals surface area contributed by atoms with Crippen LogP contribution in [0, 0.1) is 5.82 Å². The third kappa shape index (κ3) is 4.48. The number of carbonyl (C=O) groups is 2. The molecule has 1 atom stereocenters. The number of methoxy groups -OCH3 is 1. The van der Waals surface area contributed by atoms with Crippen LogP contribution >= 0.6 is 0 Å². The second-order valence-electron chi connectivity index (χ2n) is 6.50. The van der Waals surface area contributed by atoms with Gasteiger partial charge in [-0.15, -0.1) is 0 Å². The van der Waals surface area contributed by atoms with Crippen molar-refractivity contribution in [2.45, 2.75) is 25.8 Å². The average Bonchev–Trinajstić information content (AvgIpc) is 3.21. The number of nitrogens with zero attached hydrogens (tertiary/aromatic N) is 1. The van der Waals surface area contributed by atoms with E-state index >= 15 is 0 Å². The van der Waals surface area contributed by atoms with Gasteiger partial charge in [0.15, 0.2) is 0 Å². The molecule has 0 fully saturated rings. The molecule has 0 saturated heterocycles. The molecule has 0 aliphatic rings. The first-order valence-electron chi connectivity index (χ1n) is 9.33. The Bertz CT molecular complexity index is 1060. The Labute approximate surface area is 172 Å². The van der Waals surface area contributed by atoms with E-state index in [2.05, 4.69) is 10.3 Å². The zero-order valence-corrected chi connectivity index (χ0v) is 16.5. The highest BCUT2D eigenvalue weighted by Gasteiger charge is 2.23. The van der Waals surface area contributed by atoms with Gasteiger partial charge in [-0.3, -0.25) is 9.59 Å². The SMILES string of the molecule is CCc1occc1-c1nc(C(=O)NC(CC(=O)O)c2ccccc2F)ccc1OC. The summed E-state index contributed by atoms with van der Waals surface area (Å²) in [5.41, 5.74) is 1.25. The Morgan fingerprint density at radius 3 is 2.67 bits per heavy atom. The predicted molar refractivity (Wildman–Crippen MR) is 107 cm³/mol. The van der Waals surface area contributed by atoms with Crippen LogP contribution in [0.4, 0.5) is 4.39 Å². The maximum atomic E-state index is 14.2. The number of hydrogen-bond acceptors (Lipinski definition) is 5. The molecule has 1 unspecified atom stereocenters. The van der Waals surface area contributed by atoms with Crippen LogP contribution in [-0.2, 0) is 11.2 Å². The fourth-order valence-electron chi connectivity index (χ4n) is 3.16. The summed E-state index contributed by atoms with van der Waals surface area (Å²) in [4.78, 5) is 28.5. The fraction of sp³-hybridized carbons (Fsp3) is 0.227. The molecular weight excluding hydrogens is 391 g/mol. The van der Waals surface area contributed by atoms with Crippen molar-refractivity contribution in [3.63, 3.8) is 0 Å². The highest BCUT2D eigenvalue weighted by atomic mass is 19.1. The number of carbonyl (C=O) groups excluding carboxylic acids is 1. The van der Waals surface area contributed by atoms with E-state index in [1.54, 1.807) is 18.2 Å². The first-order valence-corrected chi connectivity index (χ1v) is 9.33. The average molecular weight is 412 g/mol. The van der Waals surface area contributed by atoms with E-state index in [1.807, 2.05) is 6.92 Å². The van der Waals surface area contributed by atoms with E-state index in [-0.39, 0.29) is 11.3 Å². The van der Waals surface area contributed by atoms with Gasteiger partial charge in [0.25, 0.3) is 5.91 Å². The third-order valence-corrected chi connectivity index (χ3v) is 4.60. The number of furan rings is 1. The summed E-state index contributed by atoms with van der Waals surface area (Å²) in [7, 11) is 1.49. The standard InChI is InChI=1S/C22H21FN2O5/c1-3-18-14(10-11-30-18)21-19(29-2)9-8-16(24-21)22(28)25-17(12-20(26)27)13-6-4-5-7-15(13)23/h4-11,17H,3,12H2,1-2H3,(H,25,28)(H,26,27). The molecule has 2 heterocycles. The number of hydrogen-bond donors (Lipinski definition) is 2. The lowest BCUT2D eigenvalue weighted by Crippen LogP contribution is -2.31. The second kappa shape index (κ2) is 9.21. The summed E-state index contributed by atoms with van der Waals surface area (Å²) in [5.74, 6) is -1.25.